The fourth-order valence-corrected chi connectivity index (χ4v) is 4.61. The van der Waals surface area contributed by atoms with E-state index in [1.54, 1.807) is 0 Å². The van der Waals surface area contributed by atoms with Crippen LogP contribution in [0, 0.1) is 11.8 Å². The molecule has 0 aromatic carbocycles. The maximum absolute atomic E-state index is 5.82. The van der Waals surface area contributed by atoms with E-state index < -0.39 is 7.59 Å². The normalized spacial score (nSPS) is 25.4. The highest BCUT2D eigenvalue weighted by molar-refractivity contribution is 14.0. The molecule has 11 heteroatoms. The first-order chi connectivity index (χ1) is 12.8. The second kappa shape index (κ2) is 17.7. The van der Waals surface area contributed by atoms with Crippen molar-refractivity contribution in [1.82, 2.24) is 0 Å². The van der Waals surface area contributed by atoms with Crippen molar-refractivity contribution < 1.29 is 0 Å². The van der Waals surface area contributed by atoms with E-state index in [1.807, 2.05) is 48.6 Å². The summed E-state index contributed by atoms with van der Waals surface area (Å²) in [7, 11) is 0. The first-order valence-electron chi connectivity index (χ1n) is 7.99. The van der Waals surface area contributed by atoms with Crippen LogP contribution in [0.5, 0.6) is 0 Å². The molecule has 0 spiro atoms. The second-order valence-electron chi connectivity index (χ2n) is 5.98. The van der Waals surface area contributed by atoms with Gasteiger partial charge in [-0.1, -0.05) is 156 Å². The molecule has 0 aromatic heterocycles. The zero-order chi connectivity index (χ0) is 21.5. The molecular weight excluding hydrogens is 722 g/mol. The second-order valence-corrected chi connectivity index (χ2v) is 12.7. The van der Waals surface area contributed by atoms with Gasteiger partial charge in [-0.3, -0.25) is 0 Å². The summed E-state index contributed by atoms with van der Waals surface area (Å²) in [6, 6.07) is 0. The highest BCUT2D eigenvalue weighted by Crippen LogP contribution is 2.44. The Hall–Kier alpha value is 2.33. The predicted octanol–water partition coefficient (Wildman–Crippen LogP) is 11.8. The molecule has 0 N–H and O–H groups in total. The van der Waals surface area contributed by atoms with Gasteiger partial charge in [0.05, 0.1) is 10.8 Å². The number of allylic oxidation sites excluding steroid dienone is 9. The van der Waals surface area contributed by atoms with Crippen molar-refractivity contribution in [2.75, 3.05) is 0 Å². The van der Waals surface area contributed by atoms with E-state index in [0.29, 0.717) is 4.49 Å². The minimum Gasteiger partial charge on any atom is -0.118 e. The van der Waals surface area contributed by atoms with Crippen molar-refractivity contribution in [3.8, 4) is 0 Å². The van der Waals surface area contributed by atoms with E-state index in [1.165, 1.54) is 0 Å². The van der Waals surface area contributed by atoms with Gasteiger partial charge in [-0.2, -0.15) is 0 Å². The first kappa shape index (κ1) is 37.9. The van der Waals surface area contributed by atoms with Crippen LogP contribution in [0.1, 0.15) is 27.7 Å². The Morgan fingerprint density at radius 3 is 1.52 bits per heavy atom. The van der Waals surface area contributed by atoms with E-state index in [2.05, 4.69) is 0 Å². The Kier molecular flexibility index (Phi) is 21.6. The van der Waals surface area contributed by atoms with Crippen LogP contribution in [0.15, 0.2) is 58.7 Å². The number of alkyl halides is 8. The lowest BCUT2D eigenvalue weighted by Crippen LogP contribution is -2.23. The van der Waals surface area contributed by atoms with Gasteiger partial charge >= 0.3 is 0 Å². The third-order valence-corrected chi connectivity index (χ3v) is 6.74. The molecule has 31 heavy (non-hydrogen) atoms. The van der Waals surface area contributed by atoms with Crippen LogP contribution in [-0.2, 0) is 0 Å². The Bertz CT molecular complexity index is 638. The molecule has 3 aliphatic carbocycles. The van der Waals surface area contributed by atoms with Gasteiger partial charge in [0.15, 0.2) is 7.59 Å². The third kappa shape index (κ3) is 15.1. The molecule has 0 amide bonds. The molecule has 4 atom stereocenters. The quantitative estimate of drug-likeness (QED) is 0.132. The number of hydrogen-bond donors (Lipinski definition) is 0. The van der Waals surface area contributed by atoms with E-state index in [9.17, 15) is 0 Å². The van der Waals surface area contributed by atoms with Crippen molar-refractivity contribution in [3.05, 3.63) is 58.7 Å². The largest absolute Gasteiger partial charge is 0.196 e. The number of rotatable bonds is 0. The summed E-state index contributed by atoms with van der Waals surface area (Å²) in [5, 5.41) is -0.104. The molecule has 182 valence electrons. The average Bonchev–Trinajstić information content (AvgIpc) is 3.27. The molecule has 0 nitrogen and oxygen atoms in total. The molecule has 0 saturated heterocycles. The van der Waals surface area contributed by atoms with Crippen LogP contribution < -0.4 is 0 Å². The van der Waals surface area contributed by atoms with Gasteiger partial charge in [0.1, 0.15) is 4.49 Å². The van der Waals surface area contributed by atoms with Crippen LogP contribution in [-0.4, -0.2) is 18.3 Å². The highest BCUT2D eigenvalue weighted by atomic mass is 127. The van der Waals surface area contributed by atoms with Crippen LogP contribution >= 0.6 is 140 Å². The maximum Gasteiger partial charge on any atom is 0.196 e. The smallest absolute Gasteiger partial charge is 0.118 e. The fraction of sp³-hybridized carbons (Fsp3) is 0.500. The molecule has 0 bridgehead atoms. The molecule has 0 aliphatic heterocycles. The molecule has 0 heterocycles. The van der Waals surface area contributed by atoms with Crippen molar-refractivity contribution in [2.24, 2.45) is 11.8 Å². The van der Waals surface area contributed by atoms with Crippen molar-refractivity contribution in [1.29, 1.82) is 0 Å². The zero-order valence-electron chi connectivity index (χ0n) is 14.5. The Morgan fingerprint density at radius 2 is 1.32 bits per heavy atom. The first-order valence-corrected chi connectivity index (χ1v) is 11.9. The van der Waals surface area contributed by atoms with E-state index in [0.717, 1.165) is 18.4 Å². The molecule has 0 radical (unpaired) electrons. The molecule has 0 saturated carbocycles. The van der Waals surface area contributed by atoms with E-state index >= 15 is 0 Å². The van der Waals surface area contributed by atoms with Crippen LogP contribution in [0.2, 0.25) is 0 Å². The minimum absolute atomic E-state index is 0. The predicted molar refractivity (Wildman–Crippen MR) is 160 cm³/mol. The third-order valence-electron chi connectivity index (χ3n) is 3.85. The van der Waals surface area contributed by atoms with Gasteiger partial charge < -0.3 is 0 Å². The molecule has 3 rings (SSSR count). The molecule has 0 fully saturated rings. The fourth-order valence-electron chi connectivity index (χ4n) is 2.33. The summed E-state index contributed by atoms with van der Waals surface area (Å²) in [5.74, 6) is -0.0980. The SMILES string of the molecule is C.C.ClC(Cl)=C1C=CC=C1.ClC1C=CC(C(Cl)(Cl)Cl)C1.Cl[C@H]1C=CC[C@@H]1C(Cl)(Cl)Cl.I. The van der Waals surface area contributed by atoms with E-state index in [-0.39, 0.29) is 61.4 Å². The van der Waals surface area contributed by atoms with Crippen molar-refractivity contribution in [2.45, 2.75) is 46.0 Å². The summed E-state index contributed by atoms with van der Waals surface area (Å²) >= 11 is 56.2. The lowest BCUT2D eigenvalue weighted by atomic mass is 10.1. The van der Waals surface area contributed by atoms with Gasteiger partial charge in [0, 0.05) is 17.4 Å². The van der Waals surface area contributed by atoms with Gasteiger partial charge in [0.2, 0.25) is 0 Å². The van der Waals surface area contributed by atoms with Gasteiger partial charge in [0.25, 0.3) is 0 Å². The minimum atomic E-state index is -1.23. The van der Waals surface area contributed by atoms with Crippen molar-refractivity contribution in [3.63, 3.8) is 0 Å². The maximum atomic E-state index is 5.82. The van der Waals surface area contributed by atoms with Gasteiger partial charge in [-0.25, -0.2) is 0 Å². The Balaban J connectivity index is -0.000000364. The number of halogens is 11. The molecular formula is C20H25Cl10I. The van der Waals surface area contributed by atoms with Crippen LogP contribution in [0.25, 0.3) is 0 Å². The highest BCUT2D eigenvalue weighted by Gasteiger charge is 2.38. The van der Waals surface area contributed by atoms with Crippen LogP contribution in [0.3, 0.4) is 0 Å². The van der Waals surface area contributed by atoms with Crippen molar-refractivity contribution >= 4 is 140 Å². The molecule has 2 unspecified atom stereocenters. The van der Waals surface area contributed by atoms with E-state index in [4.69, 9.17) is 116 Å². The summed E-state index contributed by atoms with van der Waals surface area (Å²) in [6.45, 7) is 0. The zero-order valence-corrected chi connectivity index (χ0v) is 24.4. The lowest BCUT2D eigenvalue weighted by Gasteiger charge is -2.21. The number of hydrogen-bond acceptors (Lipinski definition) is 0. The average molecular weight is 747 g/mol. The summed E-state index contributed by atoms with van der Waals surface area (Å²) in [5.41, 5.74) is 0.883. The van der Waals surface area contributed by atoms with Crippen LogP contribution in [0.4, 0.5) is 0 Å². The van der Waals surface area contributed by atoms with Gasteiger partial charge in [-0.15, -0.1) is 47.2 Å². The summed E-state index contributed by atoms with van der Waals surface area (Å²) < 4.78 is -2.09. The standard InChI is InChI=1S/2C6H6Cl4.C6H4Cl2.2CH4.HI/c7-5-2-1-4(3-5)6(8,9)10;7-5-3-1-2-4(5)6(8,9)10;7-6(8)5-3-1-2-4-5;;;/h1-2,4-5H,3H2;1,3-5H,2H2;1-4H;2*1H4;1H/t;4-,5-;;;;/m.0..../s1. The van der Waals surface area contributed by atoms with Gasteiger partial charge in [-0.05, 0) is 12.8 Å². The molecule has 0 aromatic rings. The lowest BCUT2D eigenvalue weighted by molar-refractivity contribution is 0.591. The Labute approximate surface area is 253 Å². The topological polar surface area (TPSA) is 0 Å². The monoisotopic (exact) mass is 742 g/mol. The summed E-state index contributed by atoms with van der Waals surface area (Å²) in [6.07, 6.45) is 16.5. The summed E-state index contributed by atoms with van der Waals surface area (Å²) in [4.78, 5) is 0. The molecule has 3 aliphatic rings. The Morgan fingerprint density at radius 1 is 0.806 bits per heavy atom.